The normalized spacial score (nSPS) is 19.1. The van der Waals surface area contributed by atoms with Gasteiger partial charge in [0, 0.05) is 6.42 Å². The zero-order valence-electron chi connectivity index (χ0n) is 9.52. The highest BCUT2D eigenvalue weighted by molar-refractivity contribution is 5.75. The summed E-state index contributed by atoms with van der Waals surface area (Å²) in [5.41, 5.74) is 6.45. The van der Waals surface area contributed by atoms with E-state index >= 15 is 0 Å². The van der Waals surface area contributed by atoms with Gasteiger partial charge in [-0.25, -0.2) is 0 Å². The molecule has 1 aliphatic carbocycles. The predicted octanol–water partition coefficient (Wildman–Crippen LogP) is 1.78. The zero-order chi connectivity index (χ0) is 11.8. The summed E-state index contributed by atoms with van der Waals surface area (Å²) in [5, 5.41) is 0. The second-order valence-electron chi connectivity index (χ2n) is 4.73. The Kier molecular flexibility index (Phi) is 2.42. The number of primary amides is 1. The van der Waals surface area contributed by atoms with Crippen molar-refractivity contribution in [2.75, 3.05) is 6.79 Å². The number of hydrogen-bond donors (Lipinski definition) is 1. The molecule has 1 aromatic rings. The molecule has 0 aromatic heterocycles. The Balaban J connectivity index is 1.87. The van der Waals surface area contributed by atoms with Crippen molar-refractivity contribution in [3.63, 3.8) is 0 Å². The summed E-state index contributed by atoms with van der Waals surface area (Å²) in [6.07, 6.45) is 2.79. The van der Waals surface area contributed by atoms with Crippen LogP contribution >= 0.6 is 0 Å². The molecule has 3 rings (SSSR count). The number of carbonyl (C=O) groups excluding carboxylic acids is 1. The fraction of sp³-hybridized carbons (Fsp3) is 0.462. The number of benzene rings is 1. The SMILES string of the molecule is NC(=O)CC(c1ccc2c(c1)OCO2)C1CC1. The molecule has 0 saturated heterocycles. The van der Waals surface area contributed by atoms with Crippen molar-refractivity contribution in [3.05, 3.63) is 23.8 Å². The molecule has 2 aliphatic rings. The summed E-state index contributed by atoms with van der Waals surface area (Å²) < 4.78 is 10.6. The highest BCUT2D eigenvalue weighted by Gasteiger charge is 2.34. The van der Waals surface area contributed by atoms with E-state index < -0.39 is 0 Å². The molecule has 90 valence electrons. The quantitative estimate of drug-likeness (QED) is 0.862. The number of hydrogen-bond acceptors (Lipinski definition) is 3. The Hall–Kier alpha value is -1.71. The van der Waals surface area contributed by atoms with E-state index in [4.69, 9.17) is 15.2 Å². The first-order valence-electron chi connectivity index (χ1n) is 5.92. The van der Waals surface area contributed by atoms with Crippen LogP contribution in [0.5, 0.6) is 11.5 Å². The highest BCUT2D eigenvalue weighted by atomic mass is 16.7. The van der Waals surface area contributed by atoms with Crippen molar-refractivity contribution < 1.29 is 14.3 Å². The van der Waals surface area contributed by atoms with Crippen molar-refractivity contribution in [1.29, 1.82) is 0 Å². The number of fused-ring (bicyclic) bond motifs is 1. The molecular formula is C13H15NO3. The lowest BCUT2D eigenvalue weighted by molar-refractivity contribution is -0.118. The van der Waals surface area contributed by atoms with Crippen molar-refractivity contribution >= 4 is 5.91 Å². The van der Waals surface area contributed by atoms with Gasteiger partial charge in [0.25, 0.3) is 0 Å². The maximum absolute atomic E-state index is 11.1. The molecule has 1 aromatic carbocycles. The van der Waals surface area contributed by atoms with Crippen molar-refractivity contribution in [3.8, 4) is 11.5 Å². The first-order valence-corrected chi connectivity index (χ1v) is 5.92. The van der Waals surface area contributed by atoms with Gasteiger partial charge >= 0.3 is 0 Å². The molecule has 0 bridgehead atoms. The molecule has 0 spiro atoms. The predicted molar refractivity (Wildman–Crippen MR) is 61.8 cm³/mol. The Morgan fingerprint density at radius 1 is 1.35 bits per heavy atom. The Bertz CT molecular complexity index is 454. The lowest BCUT2D eigenvalue weighted by Crippen LogP contribution is -2.16. The second kappa shape index (κ2) is 3.95. The van der Waals surface area contributed by atoms with Gasteiger partial charge in [-0.1, -0.05) is 6.07 Å². The molecule has 1 amide bonds. The number of amides is 1. The summed E-state index contributed by atoms with van der Waals surface area (Å²) >= 11 is 0. The van der Waals surface area contributed by atoms with Crippen molar-refractivity contribution in [1.82, 2.24) is 0 Å². The van der Waals surface area contributed by atoms with Crippen LogP contribution < -0.4 is 15.2 Å². The van der Waals surface area contributed by atoms with Gasteiger partial charge in [0.05, 0.1) is 0 Å². The molecule has 17 heavy (non-hydrogen) atoms. The topological polar surface area (TPSA) is 61.6 Å². The average Bonchev–Trinajstić information content (AvgIpc) is 3.03. The van der Waals surface area contributed by atoms with Crippen LogP contribution in [0, 0.1) is 5.92 Å². The molecule has 4 heteroatoms. The molecule has 1 unspecified atom stereocenters. The fourth-order valence-electron chi connectivity index (χ4n) is 2.42. The van der Waals surface area contributed by atoms with Crippen molar-refractivity contribution in [2.24, 2.45) is 11.7 Å². The van der Waals surface area contributed by atoms with Crippen LogP contribution in [0.25, 0.3) is 0 Å². The molecule has 2 N–H and O–H groups in total. The molecule has 0 radical (unpaired) electrons. The molecule has 1 saturated carbocycles. The van der Waals surface area contributed by atoms with E-state index in [1.54, 1.807) is 0 Å². The molecule has 4 nitrogen and oxygen atoms in total. The van der Waals surface area contributed by atoms with Gasteiger partial charge < -0.3 is 15.2 Å². The van der Waals surface area contributed by atoms with Gasteiger partial charge in [-0.15, -0.1) is 0 Å². The van der Waals surface area contributed by atoms with E-state index in [-0.39, 0.29) is 18.6 Å². The van der Waals surface area contributed by atoms with Crippen LogP contribution in [0.2, 0.25) is 0 Å². The van der Waals surface area contributed by atoms with Gasteiger partial charge in [0.15, 0.2) is 11.5 Å². The summed E-state index contributed by atoms with van der Waals surface area (Å²) in [5.74, 6) is 2.16. The summed E-state index contributed by atoms with van der Waals surface area (Å²) in [6, 6.07) is 5.90. The van der Waals surface area contributed by atoms with E-state index in [2.05, 4.69) is 0 Å². The Morgan fingerprint density at radius 3 is 2.82 bits per heavy atom. The molecule has 1 heterocycles. The lowest BCUT2D eigenvalue weighted by atomic mass is 9.90. The third-order valence-corrected chi connectivity index (χ3v) is 3.44. The standard InChI is InChI=1S/C13H15NO3/c14-13(15)6-10(8-1-2-8)9-3-4-11-12(5-9)17-7-16-11/h3-5,8,10H,1-2,6-7H2,(H2,14,15). The van der Waals surface area contributed by atoms with Crippen LogP contribution in [-0.4, -0.2) is 12.7 Å². The minimum absolute atomic E-state index is 0.237. The van der Waals surface area contributed by atoms with Crippen LogP contribution in [0.4, 0.5) is 0 Å². The number of ether oxygens (including phenoxy) is 2. The number of rotatable bonds is 4. The van der Waals surface area contributed by atoms with Crippen LogP contribution in [0.1, 0.15) is 30.7 Å². The van der Waals surface area contributed by atoms with E-state index in [1.165, 1.54) is 12.8 Å². The second-order valence-corrected chi connectivity index (χ2v) is 4.73. The molecule has 1 fully saturated rings. The van der Waals surface area contributed by atoms with Gasteiger partial charge in [0.1, 0.15) is 0 Å². The number of carbonyl (C=O) groups is 1. The van der Waals surface area contributed by atoms with E-state index in [1.807, 2.05) is 18.2 Å². The highest BCUT2D eigenvalue weighted by Crippen LogP contribution is 2.46. The van der Waals surface area contributed by atoms with Gasteiger partial charge in [-0.05, 0) is 42.4 Å². The van der Waals surface area contributed by atoms with Crippen LogP contribution in [0.15, 0.2) is 18.2 Å². The number of nitrogens with two attached hydrogens (primary N) is 1. The van der Waals surface area contributed by atoms with Gasteiger partial charge in [0.2, 0.25) is 12.7 Å². The third kappa shape index (κ3) is 2.07. The maximum Gasteiger partial charge on any atom is 0.231 e. The van der Waals surface area contributed by atoms with E-state index in [9.17, 15) is 4.79 Å². The first kappa shape index (κ1) is 10.4. The molecule has 1 aliphatic heterocycles. The average molecular weight is 233 g/mol. The summed E-state index contributed by atoms with van der Waals surface area (Å²) in [7, 11) is 0. The summed E-state index contributed by atoms with van der Waals surface area (Å²) in [6.45, 7) is 0.280. The zero-order valence-corrected chi connectivity index (χ0v) is 9.52. The lowest BCUT2D eigenvalue weighted by Gasteiger charge is -2.15. The van der Waals surface area contributed by atoms with Crippen LogP contribution in [0.3, 0.4) is 0 Å². The fourth-order valence-corrected chi connectivity index (χ4v) is 2.42. The molecular weight excluding hydrogens is 218 g/mol. The minimum atomic E-state index is -0.237. The van der Waals surface area contributed by atoms with Gasteiger partial charge in [-0.3, -0.25) is 4.79 Å². The Morgan fingerprint density at radius 2 is 2.12 bits per heavy atom. The summed E-state index contributed by atoms with van der Waals surface area (Å²) in [4.78, 5) is 11.1. The monoisotopic (exact) mass is 233 g/mol. The van der Waals surface area contributed by atoms with Crippen molar-refractivity contribution in [2.45, 2.75) is 25.2 Å². The Labute approximate surface area is 99.7 Å². The smallest absolute Gasteiger partial charge is 0.231 e. The maximum atomic E-state index is 11.1. The molecule has 1 atom stereocenters. The third-order valence-electron chi connectivity index (χ3n) is 3.44. The first-order chi connectivity index (χ1) is 8.24. The van der Waals surface area contributed by atoms with E-state index in [0.29, 0.717) is 12.3 Å². The van der Waals surface area contributed by atoms with E-state index in [0.717, 1.165) is 17.1 Å². The van der Waals surface area contributed by atoms with Crippen LogP contribution in [-0.2, 0) is 4.79 Å². The largest absolute Gasteiger partial charge is 0.454 e. The minimum Gasteiger partial charge on any atom is -0.454 e. The van der Waals surface area contributed by atoms with Gasteiger partial charge in [-0.2, -0.15) is 0 Å².